The summed E-state index contributed by atoms with van der Waals surface area (Å²) in [6.45, 7) is 6.33. The standard InChI is InChI=1S/C15H24N2O2S/c1-10-7-14(16)12(3)15(8-10)20(18,19)17-9-13-6-4-5-11(13)2/h7-8,11,13,17H,4-6,9,16H2,1-3H3. The first kappa shape index (κ1) is 15.3. The van der Waals surface area contributed by atoms with Gasteiger partial charge in [0.25, 0.3) is 0 Å². The Morgan fingerprint density at radius 1 is 1.30 bits per heavy atom. The highest BCUT2D eigenvalue weighted by Gasteiger charge is 2.26. The van der Waals surface area contributed by atoms with Gasteiger partial charge in [-0.2, -0.15) is 0 Å². The first-order valence-corrected chi connectivity index (χ1v) is 8.66. The molecular weight excluding hydrogens is 272 g/mol. The normalized spacial score (nSPS) is 23.1. The Bertz CT molecular complexity index is 596. The molecule has 0 aliphatic heterocycles. The van der Waals surface area contributed by atoms with Crippen molar-refractivity contribution in [2.24, 2.45) is 11.8 Å². The van der Waals surface area contributed by atoms with Gasteiger partial charge in [-0.3, -0.25) is 0 Å². The molecule has 2 rings (SSSR count). The lowest BCUT2D eigenvalue weighted by atomic mass is 9.99. The molecule has 2 unspecified atom stereocenters. The van der Waals surface area contributed by atoms with Crippen LogP contribution in [0.3, 0.4) is 0 Å². The number of nitrogens with one attached hydrogen (secondary N) is 1. The zero-order valence-electron chi connectivity index (χ0n) is 12.4. The van der Waals surface area contributed by atoms with E-state index < -0.39 is 10.0 Å². The third-order valence-electron chi connectivity index (χ3n) is 4.41. The Labute approximate surface area is 121 Å². The van der Waals surface area contributed by atoms with E-state index in [1.54, 1.807) is 19.1 Å². The van der Waals surface area contributed by atoms with Crippen molar-refractivity contribution in [2.75, 3.05) is 12.3 Å². The van der Waals surface area contributed by atoms with E-state index in [9.17, 15) is 8.42 Å². The molecule has 0 heterocycles. The molecule has 0 amide bonds. The molecule has 112 valence electrons. The fraction of sp³-hybridized carbons (Fsp3) is 0.600. The van der Waals surface area contributed by atoms with E-state index in [0.717, 1.165) is 12.0 Å². The molecule has 0 bridgehead atoms. The average Bonchev–Trinajstić information content (AvgIpc) is 2.77. The third kappa shape index (κ3) is 3.15. The van der Waals surface area contributed by atoms with Gasteiger partial charge in [0.15, 0.2) is 0 Å². The van der Waals surface area contributed by atoms with E-state index in [0.29, 0.717) is 34.5 Å². The molecule has 0 radical (unpaired) electrons. The molecule has 1 fully saturated rings. The van der Waals surface area contributed by atoms with Crippen LogP contribution >= 0.6 is 0 Å². The van der Waals surface area contributed by atoms with Gasteiger partial charge >= 0.3 is 0 Å². The minimum Gasteiger partial charge on any atom is -0.398 e. The second-order valence-corrected chi connectivity index (χ2v) is 7.73. The molecular formula is C15H24N2O2S. The molecule has 3 N–H and O–H groups in total. The summed E-state index contributed by atoms with van der Waals surface area (Å²) < 4.78 is 27.7. The number of hydrogen-bond donors (Lipinski definition) is 2. The van der Waals surface area contributed by atoms with Crippen LogP contribution in [-0.4, -0.2) is 15.0 Å². The maximum atomic E-state index is 12.5. The summed E-state index contributed by atoms with van der Waals surface area (Å²) in [5, 5.41) is 0. The van der Waals surface area contributed by atoms with E-state index in [-0.39, 0.29) is 0 Å². The van der Waals surface area contributed by atoms with Gasteiger partial charge in [0.05, 0.1) is 4.90 Å². The Kier molecular flexibility index (Phi) is 4.39. The molecule has 1 aromatic carbocycles. The molecule has 2 atom stereocenters. The van der Waals surface area contributed by atoms with Crippen LogP contribution < -0.4 is 10.5 Å². The van der Waals surface area contributed by atoms with Gasteiger partial charge in [0, 0.05) is 12.2 Å². The summed E-state index contributed by atoms with van der Waals surface area (Å²) in [6, 6.07) is 3.49. The van der Waals surface area contributed by atoms with E-state index in [1.807, 2.05) is 6.92 Å². The van der Waals surface area contributed by atoms with Crippen LogP contribution in [0.25, 0.3) is 0 Å². The number of nitrogen functional groups attached to an aromatic ring is 1. The van der Waals surface area contributed by atoms with Gasteiger partial charge in [-0.15, -0.1) is 0 Å². The van der Waals surface area contributed by atoms with Crippen molar-refractivity contribution in [1.82, 2.24) is 4.72 Å². The highest BCUT2D eigenvalue weighted by molar-refractivity contribution is 7.89. The smallest absolute Gasteiger partial charge is 0.240 e. The Balaban J connectivity index is 2.18. The quantitative estimate of drug-likeness (QED) is 0.839. The lowest BCUT2D eigenvalue weighted by Gasteiger charge is -2.17. The molecule has 0 aromatic heterocycles. The summed E-state index contributed by atoms with van der Waals surface area (Å²) in [4.78, 5) is 0.306. The predicted octanol–water partition coefficient (Wildman–Crippen LogP) is 2.60. The second-order valence-electron chi connectivity index (χ2n) is 6.00. The van der Waals surface area contributed by atoms with Crippen molar-refractivity contribution < 1.29 is 8.42 Å². The van der Waals surface area contributed by atoms with Crippen LogP contribution in [0.5, 0.6) is 0 Å². The highest BCUT2D eigenvalue weighted by Crippen LogP contribution is 2.31. The number of anilines is 1. The number of hydrogen-bond acceptors (Lipinski definition) is 3. The zero-order valence-corrected chi connectivity index (χ0v) is 13.3. The van der Waals surface area contributed by atoms with Crippen LogP contribution in [0.4, 0.5) is 5.69 Å². The van der Waals surface area contributed by atoms with Crippen molar-refractivity contribution in [3.8, 4) is 0 Å². The maximum absolute atomic E-state index is 12.5. The first-order chi connectivity index (χ1) is 9.31. The van der Waals surface area contributed by atoms with Crippen LogP contribution in [0, 0.1) is 25.7 Å². The number of benzene rings is 1. The average molecular weight is 296 g/mol. The lowest BCUT2D eigenvalue weighted by molar-refractivity contribution is 0.414. The maximum Gasteiger partial charge on any atom is 0.240 e. The molecule has 1 aromatic rings. The number of nitrogens with two attached hydrogens (primary N) is 1. The fourth-order valence-corrected chi connectivity index (χ4v) is 4.40. The van der Waals surface area contributed by atoms with Gasteiger partial charge in [0.2, 0.25) is 10.0 Å². The molecule has 0 saturated heterocycles. The van der Waals surface area contributed by atoms with E-state index in [1.165, 1.54) is 12.8 Å². The fourth-order valence-electron chi connectivity index (χ4n) is 2.95. The summed E-state index contributed by atoms with van der Waals surface area (Å²) in [5.74, 6) is 1.05. The van der Waals surface area contributed by atoms with Crippen molar-refractivity contribution in [3.63, 3.8) is 0 Å². The topological polar surface area (TPSA) is 72.2 Å². The third-order valence-corrected chi connectivity index (χ3v) is 5.96. The Morgan fingerprint density at radius 2 is 2.00 bits per heavy atom. The molecule has 20 heavy (non-hydrogen) atoms. The molecule has 1 saturated carbocycles. The number of sulfonamides is 1. The van der Waals surface area contributed by atoms with Gasteiger partial charge in [-0.05, 0) is 55.4 Å². The molecule has 0 spiro atoms. The van der Waals surface area contributed by atoms with Crippen molar-refractivity contribution in [3.05, 3.63) is 23.3 Å². The van der Waals surface area contributed by atoms with Crippen molar-refractivity contribution in [2.45, 2.75) is 44.9 Å². The highest BCUT2D eigenvalue weighted by atomic mass is 32.2. The molecule has 4 nitrogen and oxygen atoms in total. The number of aryl methyl sites for hydroxylation is 1. The van der Waals surface area contributed by atoms with E-state index in [4.69, 9.17) is 5.73 Å². The van der Waals surface area contributed by atoms with E-state index in [2.05, 4.69) is 11.6 Å². The summed E-state index contributed by atoms with van der Waals surface area (Å²) in [6.07, 6.45) is 3.51. The van der Waals surface area contributed by atoms with Crippen molar-refractivity contribution >= 4 is 15.7 Å². The van der Waals surface area contributed by atoms with Gasteiger partial charge in [0.1, 0.15) is 0 Å². The Hall–Kier alpha value is -1.07. The van der Waals surface area contributed by atoms with Crippen LogP contribution in [0.2, 0.25) is 0 Å². The first-order valence-electron chi connectivity index (χ1n) is 7.17. The van der Waals surface area contributed by atoms with Crippen molar-refractivity contribution in [1.29, 1.82) is 0 Å². The van der Waals surface area contributed by atoms with E-state index >= 15 is 0 Å². The Morgan fingerprint density at radius 3 is 2.60 bits per heavy atom. The minimum absolute atomic E-state index is 0.306. The lowest BCUT2D eigenvalue weighted by Crippen LogP contribution is -2.31. The van der Waals surface area contributed by atoms with Gasteiger partial charge < -0.3 is 5.73 Å². The molecule has 5 heteroatoms. The summed E-state index contributed by atoms with van der Waals surface area (Å²) in [5.41, 5.74) is 7.88. The van der Waals surface area contributed by atoms with Crippen LogP contribution in [-0.2, 0) is 10.0 Å². The SMILES string of the molecule is Cc1cc(N)c(C)c(S(=O)(=O)NCC2CCCC2C)c1. The summed E-state index contributed by atoms with van der Waals surface area (Å²) in [7, 11) is -3.48. The van der Waals surface area contributed by atoms with Gasteiger partial charge in [-0.1, -0.05) is 19.8 Å². The molecule has 1 aliphatic carbocycles. The van der Waals surface area contributed by atoms with Crippen LogP contribution in [0.1, 0.15) is 37.3 Å². The largest absolute Gasteiger partial charge is 0.398 e. The number of rotatable bonds is 4. The monoisotopic (exact) mass is 296 g/mol. The molecule has 1 aliphatic rings. The predicted molar refractivity (Wildman–Crippen MR) is 82.0 cm³/mol. The zero-order chi connectivity index (χ0) is 14.9. The summed E-state index contributed by atoms with van der Waals surface area (Å²) >= 11 is 0. The van der Waals surface area contributed by atoms with Gasteiger partial charge in [-0.25, -0.2) is 13.1 Å². The van der Waals surface area contributed by atoms with Crippen LogP contribution in [0.15, 0.2) is 17.0 Å². The minimum atomic E-state index is -3.48. The second kappa shape index (κ2) is 5.74.